The first-order valence-corrected chi connectivity index (χ1v) is 5.84. The van der Waals surface area contributed by atoms with Gasteiger partial charge in [-0.3, -0.25) is 0 Å². The quantitative estimate of drug-likeness (QED) is 0.282. The van der Waals surface area contributed by atoms with Crippen molar-refractivity contribution < 1.29 is 5.21 Å². The van der Waals surface area contributed by atoms with Crippen LogP contribution in [-0.2, 0) is 0 Å². The van der Waals surface area contributed by atoms with E-state index in [1.54, 1.807) is 0 Å². The number of nitrogens with two attached hydrogens (primary N) is 1. The minimum Gasteiger partial charge on any atom is -0.409 e. The van der Waals surface area contributed by atoms with Crippen molar-refractivity contribution in [2.75, 3.05) is 6.54 Å². The fourth-order valence-electron chi connectivity index (χ4n) is 2.34. The van der Waals surface area contributed by atoms with E-state index in [1.807, 2.05) is 6.92 Å². The molecule has 0 heterocycles. The molecular weight excluding hydrogens is 190 g/mol. The highest BCUT2D eigenvalue weighted by molar-refractivity contribution is 5.84. The van der Waals surface area contributed by atoms with Gasteiger partial charge in [-0.25, -0.2) is 0 Å². The summed E-state index contributed by atoms with van der Waals surface area (Å²) in [4.78, 5) is 0. The summed E-state index contributed by atoms with van der Waals surface area (Å²) < 4.78 is 0. The molecule has 0 aromatic heterocycles. The average Bonchev–Trinajstić information content (AvgIpc) is 2.74. The van der Waals surface area contributed by atoms with E-state index in [9.17, 15) is 0 Å². The molecule has 0 aromatic rings. The summed E-state index contributed by atoms with van der Waals surface area (Å²) in [6.07, 6.45) is 6.50. The van der Waals surface area contributed by atoms with E-state index in [4.69, 9.17) is 10.9 Å². The maximum Gasteiger partial charge on any atom is 0.156 e. The molecule has 1 fully saturated rings. The monoisotopic (exact) mass is 213 g/mol. The van der Waals surface area contributed by atoms with Crippen LogP contribution in [0.3, 0.4) is 0 Å². The Bertz CT molecular complexity index is 222. The van der Waals surface area contributed by atoms with Crippen LogP contribution in [-0.4, -0.2) is 23.6 Å². The SMILES string of the molecule is CCC1(CNC(C)C(N)=NO)CCCC1. The molecule has 0 spiro atoms. The van der Waals surface area contributed by atoms with Crippen LogP contribution in [0.2, 0.25) is 0 Å². The maximum absolute atomic E-state index is 8.54. The van der Waals surface area contributed by atoms with Gasteiger partial charge in [-0.05, 0) is 31.6 Å². The van der Waals surface area contributed by atoms with Crippen LogP contribution in [0.1, 0.15) is 46.0 Å². The normalized spacial score (nSPS) is 22.9. The molecule has 88 valence electrons. The molecule has 0 aromatic carbocycles. The van der Waals surface area contributed by atoms with Crippen molar-refractivity contribution >= 4 is 5.84 Å². The largest absolute Gasteiger partial charge is 0.409 e. The summed E-state index contributed by atoms with van der Waals surface area (Å²) >= 11 is 0. The first-order valence-electron chi connectivity index (χ1n) is 5.84. The molecule has 0 radical (unpaired) electrons. The van der Waals surface area contributed by atoms with Crippen LogP contribution in [0, 0.1) is 5.41 Å². The van der Waals surface area contributed by atoms with Crippen LogP contribution >= 0.6 is 0 Å². The highest BCUT2D eigenvalue weighted by atomic mass is 16.4. The minimum absolute atomic E-state index is 0.0426. The molecule has 0 saturated heterocycles. The van der Waals surface area contributed by atoms with Crippen molar-refractivity contribution in [1.82, 2.24) is 5.32 Å². The van der Waals surface area contributed by atoms with Crippen molar-refractivity contribution in [3.63, 3.8) is 0 Å². The van der Waals surface area contributed by atoms with Gasteiger partial charge < -0.3 is 16.3 Å². The van der Waals surface area contributed by atoms with Crippen LogP contribution in [0.4, 0.5) is 0 Å². The van der Waals surface area contributed by atoms with Crippen molar-refractivity contribution in [3.05, 3.63) is 0 Å². The second-order valence-electron chi connectivity index (χ2n) is 4.69. The van der Waals surface area contributed by atoms with E-state index in [1.165, 1.54) is 32.1 Å². The lowest BCUT2D eigenvalue weighted by Gasteiger charge is -2.29. The number of nitrogens with one attached hydrogen (secondary N) is 1. The summed E-state index contributed by atoms with van der Waals surface area (Å²) in [7, 11) is 0. The van der Waals surface area contributed by atoms with Crippen molar-refractivity contribution in [2.45, 2.75) is 52.0 Å². The van der Waals surface area contributed by atoms with Gasteiger partial charge in [0.2, 0.25) is 0 Å². The van der Waals surface area contributed by atoms with Gasteiger partial charge in [0.25, 0.3) is 0 Å². The number of oxime groups is 1. The van der Waals surface area contributed by atoms with Gasteiger partial charge >= 0.3 is 0 Å². The molecule has 1 rings (SSSR count). The van der Waals surface area contributed by atoms with E-state index in [0.29, 0.717) is 5.41 Å². The van der Waals surface area contributed by atoms with E-state index < -0.39 is 0 Å². The van der Waals surface area contributed by atoms with E-state index in [0.717, 1.165) is 6.54 Å². The Labute approximate surface area is 91.9 Å². The summed E-state index contributed by atoms with van der Waals surface area (Å²) in [5, 5.41) is 14.9. The third kappa shape index (κ3) is 3.09. The number of rotatable bonds is 5. The van der Waals surface area contributed by atoms with Crippen LogP contribution in [0.25, 0.3) is 0 Å². The highest BCUT2D eigenvalue weighted by Crippen LogP contribution is 2.40. The fourth-order valence-corrected chi connectivity index (χ4v) is 2.34. The molecule has 1 saturated carbocycles. The molecule has 0 bridgehead atoms. The van der Waals surface area contributed by atoms with Gasteiger partial charge in [-0.2, -0.15) is 0 Å². The number of amidine groups is 1. The molecule has 1 unspecified atom stereocenters. The average molecular weight is 213 g/mol. The Morgan fingerprint density at radius 3 is 2.60 bits per heavy atom. The Kier molecular flexibility index (Phi) is 4.39. The summed E-state index contributed by atoms with van der Waals surface area (Å²) in [6.45, 7) is 5.15. The zero-order valence-electron chi connectivity index (χ0n) is 9.79. The van der Waals surface area contributed by atoms with Crippen LogP contribution in [0.5, 0.6) is 0 Å². The van der Waals surface area contributed by atoms with Gasteiger partial charge in [0.15, 0.2) is 5.84 Å². The molecule has 4 N–H and O–H groups in total. The maximum atomic E-state index is 8.54. The number of nitrogens with zero attached hydrogens (tertiary/aromatic N) is 1. The Hall–Kier alpha value is -0.770. The molecule has 4 nitrogen and oxygen atoms in total. The lowest BCUT2D eigenvalue weighted by atomic mass is 9.83. The summed E-state index contributed by atoms with van der Waals surface area (Å²) in [6, 6.07) is -0.0426. The van der Waals surface area contributed by atoms with E-state index >= 15 is 0 Å². The lowest BCUT2D eigenvalue weighted by molar-refractivity contribution is 0.264. The predicted molar refractivity (Wildman–Crippen MR) is 62.1 cm³/mol. The van der Waals surface area contributed by atoms with Crippen LogP contribution < -0.4 is 11.1 Å². The molecule has 4 heteroatoms. The van der Waals surface area contributed by atoms with Gasteiger partial charge in [-0.1, -0.05) is 24.9 Å². The third-order valence-electron chi connectivity index (χ3n) is 3.76. The number of hydrogen-bond acceptors (Lipinski definition) is 3. The summed E-state index contributed by atoms with van der Waals surface area (Å²) in [5.74, 6) is 0.263. The van der Waals surface area contributed by atoms with Gasteiger partial charge in [-0.15, -0.1) is 0 Å². The second-order valence-corrected chi connectivity index (χ2v) is 4.69. The molecule has 1 aliphatic carbocycles. The summed E-state index contributed by atoms with van der Waals surface area (Å²) in [5.41, 5.74) is 5.97. The Morgan fingerprint density at radius 1 is 1.53 bits per heavy atom. The van der Waals surface area contributed by atoms with Gasteiger partial charge in [0.1, 0.15) is 0 Å². The van der Waals surface area contributed by atoms with Crippen LogP contribution in [0.15, 0.2) is 5.16 Å². The minimum atomic E-state index is -0.0426. The topological polar surface area (TPSA) is 70.6 Å². The highest BCUT2D eigenvalue weighted by Gasteiger charge is 2.32. The zero-order chi connectivity index (χ0) is 11.3. The predicted octanol–water partition coefficient (Wildman–Crippen LogP) is 1.68. The number of hydrogen-bond donors (Lipinski definition) is 3. The molecule has 1 atom stereocenters. The zero-order valence-corrected chi connectivity index (χ0v) is 9.79. The lowest BCUT2D eigenvalue weighted by Crippen LogP contribution is -2.44. The van der Waals surface area contributed by atoms with Crippen molar-refractivity contribution in [3.8, 4) is 0 Å². The van der Waals surface area contributed by atoms with E-state index in [-0.39, 0.29) is 11.9 Å². The smallest absolute Gasteiger partial charge is 0.156 e. The van der Waals surface area contributed by atoms with Gasteiger partial charge in [0.05, 0.1) is 6.04 Å². The Morgan fingerprint density at radius 2 is 2.13 bits per heavy atom. The third-order valence-corrected chi connectivity index (χ3v) is 3.76. The van der Waals surface area contributed by atoms with Gasteiger partial charge in [0, 0.05) is 6.54 Å². The molecule has 1 aliphatic rings. The van der Waals surface area contributed by atoms with E-state index in [2.05, 4.69) is 17.4 Å². The van der Waals surface area contributed by atoms with Crippen molar-refractivity contribution in [2.24, 2.45) is 16.3 Å². The molecule has 0 amide bonds. The first kappa shape index (κ1) is 12.3. The standard InChI is InChI=1S/C11H23N3O/c1-3-11(6-4-5-7-11)8-13-9(2)10(12)14-15/h9,13,15H,3-8H2,1-2H3,(H2,12,14). The fraction of sp³-hybridized carbons (Fsp3) is 0.909. The Balaban J connectivity index is 2.41. The first-order chi connectivity index (χ1) is 7.13. The molecule has 0 aliphatic heterocycles. The molecule has 15 heavy (non-hydrogen) atoms. The second kappa shape index (κ2) is 5.35. The molecular formula is C11H23N3O. The van der Waals surface area contributed by atoms with Crippen molar-refractivity contribution in [1.29, 1.82) is 0 Å².